The number of tetrazole rings is 1. The maximum Gasteiger partial charge on any atom is 0.197 e. The third-order valence-corrected chi connectivity index (χ3v) is 3.09. The van der Waals surface area contributed by atoms with Crippen LogP contribution in [0.3, 0.4) is 0 Å². The van der Waals surface area contributed by atoms with Gasteiger partial charge in [-0.15, -0.1) is 10.2 Å². The fourth-order valence-corrected chi connectivity index (χ4v) is 2.25. The fraction of sp³-hybridized carbons (Fsp3) is 0.455. The molecular weight excluding hydrogens is 230 g/mol. The van der Waals surface area contributed by atoms with E-state index in [9.17, 15) is 0 Å². The lowest BCUT2D eigenvalue weighted by atomic mass is 10.1. The molecule has 7 heteroatoms. The van der Waals surface area contributed by atoms with Gasteiger partial charge in [-0.1, -0.05) is 11.3 Å². The standard InChI is InChI=1S/C11H15N7/c1-2-4-13-9(3-1)10(11-14-16-17-15-11)18-7-5-12-6-8-18/h1-4,10,12H,5-8H2,(H,14,15,16,17). The number of rotatable bonds is 3. The van der Waals surface area contributed by atoms with Gasteiger partial charge in [0.2, 0.25) is 0 Å². The van der Waals surface area contributed by atoms with Crippen molar-refractivity contribution in [1.82, 2.24) is 35.8 Å². The third-order valence-electron chi connectivity index (χ3n) is 3.09. The van der Waals surface area contributed by atoms with Crippen LogP contribution >= 0.6 is 0 Å². The third kappa shape index (κ3) is 2.22. The summed E-state index contributed by atoms with van der Waals surface area (Å²) in [6, 6.07) is 5.88. The molecule has 1 unspecified atom stereocenters. The molecule has 18 heavy (non-hydrogen) atoms. The van der Waals surface area contributed by atoms with Gasteiger partial charge in [0.1, 0.15) is 6.04 Å². The molecule has 0 aromatic carbocycles. The van der Waals surface area contributed by atoms with Crippen LogP contribution in [0.5, 0.6) is 0 Å². The van der Waals surface area contributed by atoms with E-state index in [0.717, 1.165) is 31.9 Å². The van der Waals surface area contributed by atoms with Crippen molar-refractivity contribution in [3.05, 3.63) is 35.9 Å². The molecule has 1 aliphatic rings. The Labute approximate surface area is 105 Å². The van der Waals surface area contributed by atoms with Gasteiger partial charge in [-0.05, 0) is 12.1 Å². The molecule has 0 radical (unpaired) electrons. The van der Waals surface area contributed by atoms with Crippen LogP contribution in [-0.2, 0) is 0 Å². The first-order valence-corrected chi connectivity index (χ1v) is 6.04. The average molecular weight is 245 g/mol. The number of nitrogens with one attached hydrogen (secondary N) is 2. The molecule has 3 rings (SSSR count). The molecule has 1 aliphatic heterocycles. The highest BCUT2D eigenvalue weighted by atomic mass is 15.5. The molecule has 1 fully saturated rings. The lowest BCUT2D eigenvalue weighted by Crippen LogP contribution is -2.45. The minimum atomic E-state index is -0.0213. The molecule has 0 amide bonds. The second kappa shape index (κ2) is 5.19. The number of aromatic amines is 1. The first kappa shape index (κ1) is 11.2. The summed E-state index contributed by atoms with van der Waals surface area (Å²) in [5.41, 5.74) is 0.959. The second-order valence-electron chi connectivity index (χ2n) is 4.21. The van der Waals surface area contributed by atoms with Crippen molar-refractivity contribution in [3.63, 3.8) is 0 Å². The highest BCUT2D eigenvalue weighted by Gasteiger charge is 2.27. The molecule has 1 saturated heterocycles. The number of aromatic nitrogens is 5. The summed E-state index contributed by atoms with van der Waals surface area (Å²) in [5.74, 6) is 0.676. The van der Waals surface area contributed by atoms with Gasteiger partial charge in [0.25, 0.3) is 0 Å². The molecule has 2 N–H and O–H groups in total. The maximum atomic E-state index is 4.43. The Kier molecular flexibility index (Phi) is 3.24. The Morgan fingerprint density at radius 1 is 1.22 bits per heavy atom. The summed E-state index contributed by atoms with van der Waals surface area (Å²) in [5, 5.41) is 17.8. The van der Waals surface area contributed by atoms with Crippen molar-refractivity contribution < 1.29 is 0 Å². The normalized spacial score (nSPS) is 18.7. The Hall–Kier alpha value is -1.86. The number of H-pyrrole nitrogens is 1. The predicted octanol–water partition coefficient (Wildman–Crippen LogP) is -0.411. The Morgan fingerprint density at radius 3 is 2.78 bits per heavy atom. The van der Waals surface area contributed by atoms with Crippen LogP contribution < -0.4 is 5.32 Å². The first-order chi connectivity index (χ1) is 8.95. The summed E-state index contributed by atoms with van der Waals surface area (Å²) in [6.07, 6.45) is 1.80. The van der Waals surface area contributed by atoms with Crippen LogP contribution in [0.25, 0.3) is 0 Å². The van der Waals surface area contributed by atoms with Crippen molar-refractivity contribution in [1.29, 1.82) is 0 Å². The summed E-state index contributed by atoms with van der Waals surface area (Å²) in [6.45, 7) is 3.86. The molecule has 0 bridgehead atoms. The number of hydrogen-bond acceptors (Lipinski definition) is 6. The van der Waals surface area contributed by atoms with E-state index in [4.69, 9.17) is 0 Å². The van der Waals surface area contributed by atoms with Crippen LogP contribution in [-0.4, -0.2) is 56.7 Å². The van der Waals surface area contributed by atoms with Gasteiger partial charge in [-0.25, -0.2) is 0 Å². The number of pyridine rings is 1. The predicted molar refractivity (Wildman–Crippen MR) is 64.7 cm³/mol. The van der Waals surface area contributed by atoms with E-state index in [0.29, 0.717) is 5.82 Å². The lowest BCUT2D eigenvalue weighted by molar-refractivity contribution is 0.189. The minimum Gasteiger partial charge on any atom is -0.314 e. The van der Waals surface area contributed by atoms with E-state index in [1.165, 1.54) is 0 Å². The number of nitrogens with zero attached hydrogens (tertiary/aromatic N) is 5. The Balaban J connectivity index is 1.93. The van der Waals surface area contributed by atoms with Gasteiger partial charge in [0.15, 0.2) is 5.82 Å². The van der Waals surface area contributed by atoms with Gasteiger partial charge < -0.3 is 5.32 Å². The molecule has 7 nitrogen and oxygen atoms in total. The van der Waals surface area contributed by atoms with Gasteiger partial charge >= 0.3 is 0 Å². The highest BCUT2D eigenvalue weighted by Crippen LogP contribution is 2.23. The van der Waals surface area contributed by atoms with E-state index < -0.39 is 0 Å². The van der Waals surface area contributed by atoms with Crippen molar-refractivity contribution in [2.24, 2.45) is 0 Å². The van der Waals surface area contributed by atoms with Gasteiger partial charge in [-0.3, -0.25) is 9.88 Å². The maximum absolute atomic E-state index is 4.43. The molecule has 2 aromatic heterocycles. The van der Waals surface area contributed by atoms with Gasteiger partial charge in [0, 0.05) is 32.4 Å². The highest BCUT2D eigenvalue weighted by molar-refractivity contribution is 5.16. The van der Waals surface area contributed by atoms with Crippen LogP contribution in [0.4, 0.5) is 0 Å². The molecule has 2 aromatic rings. The van der Waals surface area contributed by atoms with E-state index in [2.05, 4.69) is 35.8 Å². The fourth-order valence-electron chi connectivity index (χ4n) is 2.25. The average Bonchev–Trinajstić information content (AvgIpc) is 2.95. The second-order valence-corrected chi connectivity index (χ2v) is 4.21. The summed E-state index contributed by atoms with van der Waals surface area (Å²) in [4.78, 5) is 6.75. The molecule has 3 heterocycles. The zero-order valence-electron chi connectivity index (χ0n) is 9.95. The summed E-state index contributed by atoms with van der Waals surface area (Å²) >= 11 is 0. The molecule has 0 aliphatic carbocycles. The van der Waals surface area contributed by atoms with Gasteiger partial charge in [0.05, 0.1) is 5.69 Å². The number of piperazine rings is 1. The molecule has 0 saturated carbocycles. The molecular formula is C11H15N7. The SMILES string of the molecule is c1ccc(C(c2nn[nH]n2)N2CCNCC2)nc1. The Bertz CT molecular complexity index is 463. The smallest absolute Gasteiger partial charge is 0.197 e. The van der Waals surface area contributed by atoms with Crippen molar-refractivity contribution in [3.8, 4) is 0 Å². The first-order valence-electron chi connectivity index (χ1n) is 6.04. The quantitative estimate of drug-likeness (QED) is 0.765. The van der Waals surface area contributed by atoms with Crippen LogP contribution in [0.2, 0.25) is 0 Å². The van der Waals surface area contributed by atoms with Crippen LogP contribution in [0, 0.1) is 0 Å². The molecule has 1 atom stereocenters. The van der Waals surface area contributed by atoms with E-state index in [1.807, 2.05) is 18.2 Å². The van der Waals surface area contributed by atoms with Crippen LogP contribution in [0.15, 0.2) is 24.4 Å². The largest absolute Gasteiger partial charge is 0.314 e. The Morgan fingerprint density at radius 2 is 2.11 bits per heavy atom. The minimum absolute atomic E-state index is 0.0213. The summed E-state index contributed by atoms with van der Waals surface area (Å²) in [7, 11) is 0. The zero-order valence-corrected chi connectivity index (χ0v) is 9.95. The van der Waals surface area contributed by atoms with E-state index in [-0.39, 0.29) is 6.04 Å². The lowest BCUT2D eigenvalue weighted by Gasteiger charge is -2.32. The monoisotopic (exact) mass is 245 g/mol. The molecule has 94 valence electrons. The van der Waals surface area contributed by atoms with E-state index >= 15 is 0 Å². The van der Waals surface area contributed by atoms with Crippen molar-refractivity contribution >= 4 is 0 Å². The number of hydrogen-bond donors (Lipinski definition) is 2. The summed E-state index contributed by atoms with van der Waals surface area (Å²) < 4.78 is 0. The molecule has 0 spiro atoms. The van der Waals surface area contributed by atoms with Crippen molar-refractivity contribution in [2.75, 3.05) is 26.2 Å². The topological polar surface area (TPSA) is 82.6 Å². The van der Waals surface area contributed by atoms with Crippen molar-refractivity contribution in [2.45, 2.75) is 6.04 Å². The van der Waals surface area contributed by atoms with Gasteiger partial charge in [-0.2, -0.15) is 5.21 Å². The van der Waals surface area contributed by atoms with Crippen LogP contribution in [0.1, 0.15) is 17.6 Å². The van der Waals surface area contributed by atoms with E-state index in [1.54, 1.807) is 6.20 Å². The zero-order chi connectivity index (χ0) is 12.2.